The summed E-state index contributed by atoms with van der Waals surface area (Å²) in [5.74, 6) is -1.52. The summed E-state index contributed by atoms with van der Waals surface area (Å²) in [6, 6.07) is 18.3. The number of benzene rings is 4. The summed E-state index contributed by atoms with van der Waals surface area (Å²) in [6.07, 6.45) is -6.46. The van der Waals surface area contributed by atoms with Crippen molar-refractivity contribution in [2.24, 2.45) is 0 Å². The molecule has 51 heavy (non-hydrogen) atoms. The monoisotopic (exact) mass is 691 g/mol. The van der Waals surface area contributed by atoms with E-state index in [1.165, 1.54) is 29.0 Å². The van der Waals surface area contributed by atoms with Gasteiger partial charge >= 0.3 is 0 Å². The SMILES string of the molecule is O=C1c2c(c3c4ccc(O)cc4n(O[C@@H]4O[C@H](CO)[C@@H](O)[C@H](O)[C@H]4O)c3c3[nH]c4cc(O)ccc4c23)C(=O)N1NCc1cnc2ccccc2c1. The lowest BCUT2D eigenvalue weighted by atomic mass is 9.96. The highest BCUT2D eigenvalue weighted by molar-refractivity contribution is 6.39. The molecule has 3 aromatic heterocycles. The molecule has 258 valence electrons. The van der Waals surface area contributed by atoms with Crippen LogP contribution >= 0.6 is 0 Å². The fourth-order valence-corrected chi connectivity index (χ4v) is 7.24. The second-order valence-corrected chi connectivity index (χ2v) is 12.7. The van der Waals surface area contributed by atoms with Crippen LogP contribution in [-0.2, 0) is 11.3 Å². The highest BCUT2D eigenvalue weighted by Gasteiger charge is 2.46. The van der Waals surface area contributed by atoms with Crippen LogP contribution in [0, 0.1) is 0 Å². The van der Waals surface area contributed by atoms with Gasteiger partial charge < -0.3 is 45.2 Å². The number of H-pyrrole nitrogens is 1. The van der Waals surface area contributed by atoms with E-state index in [2.05, 4.69) is 15.4 Å². The lowest BCUT2D eigenvalue weighted by Crippen LogP contribution is -2.61. The molecular formula is C36H29N5O10. The summed E-state index contributed by atoms with van der Waals surface area (Å²) < 4.78 is 6.88. The molecule has 0 saturated carbocycles. The zero-order chi connectivity index (χ0) is 35.3. The average molecular weight is 692 g/mol. The predicted molar refractivity (Wildman–Crippen MR) is 182 cm³/mol. The van der Waals surface area contributed by atoms with Crippen LogP contribution in [-0.4, -0.2) is 99.5 Å². The minimum atomic E-state index is -1.79. The highest BCUT2D eigenvalue weighted by atomic mass is 16.8. The Balaban J connectivity index is 1.26. The number of ether oxygens (including phenoxy) is 1. The molecule has 0 spiro atoms. The Morgan fingerprint density at radius 1 is 0.863 bits per heavy atom. The van der Waals surface area contributed by atoms with E-state index < -0.39 is 49.1 Å². The maximum absolute atomic E-state index is 14.5. The zero-order valence-corrected chi connectivity index (χ0v) is 26.4. The number of aromatic amines is 1. The number of rotatable bonds is 6. The average Bonchev–Trinajstić information content (AvgIpc) is 3.73. The second kappa shape index (κ2) is 11.4. The topological polar surface area (TPSA) is 223 Å². The quantitative estimate of drug-likeness (QED) is 0.117. The molecule has 2 amide bonds. The number of aliphatic hydroxyl groups is 4. The van der Waals surface area contributed by atoms with Crippen molar-refractivity contribution in [1.82, 2.24) is 25.1 Å². The van der Waals surface area contributed by atoms with Gasteiger partial charge in [-0.1, -0.05) is 18.2 Å². The standard InChI is InChI=1S/C36H29N5O10/c42-14-24-31(45)32(46)33(47)36(50-24)51-41-23-11-18(44)6-8-20(23)26-28-27(25-19-7-5-17(43)10-22(19)39-29(25)30(26)41)34(48)40(35(28)49)38-13-15-9-16-3-1-2-4-21(16)37-12-15/h1-12,24,31-33,36,38-39,42-47H,13-14H2/t24-,31-,32+,33-,36+/m1/s1. The van der Waals surface area contributed by atoms with Gasteiger partial charge in [-0.2, -0.15) is 4.73 Å². The number of phenols is 2. The number of aliphatic hydroxyl groups excluding tert-OH is 4. The molecular weight excluding hydrogens is 662 g/mol. The van der Waals surface area contributed by atoms with Crippen LogP contribution in [0.4, 0.5) is 0 Å². The number of nitrogens with zero attached hydrogens (tertiary/aromatic N) is 3. The van der Waals surface area contributed by atoms with Crippen molar-refractivity contribution >= 4 is 66.3 Å². The number of phenolic OH excluding ortho intramolecular Hbond substituents is 2. The number of hydrogen-bond donors (Lipinski definition) is 8. The van der Waals surface area contributed by atoms with E-state index in [-0.39, 0.29) is 45.6 Å². The fourth-order valence-electron chi connectivity index (χ4n) is 7.24. The molecule has 4 aromatic carbocycles. The van der Waals surface area contributed by atoms with Crippen LogP contribution in [0.1, 0.15) is 26.3 Å². The van der Waals surface area contributed by atoms with E-state index in [9.17, 15) is 40.2 Å². The molecule has 1 fully saturated rings. The molecule has 2 aliphatic rings. The van der Waals surface area contributed by atoms with Gasteiger partial charge in [0.1, 0.15) is 41.4 Å². The number of hydrazine groups is 1. The first-order chi connectivity index (χ1) is 24.6. The van der Waals surface area contributed by atoms with Crippen LogP contribution in [0.5, 0.6) is 11.5 Å². The van der Waals surface area contributed by atoms with Gasteiger partial charge in [-0.15, -0.1) is 0 Å². The molecule has 9 rings (SSSR count). The minimum Gasteiger partial charge on any atom is -0.508 e. The number of hydrogen-bond acceptors (Lipinski definition) is 12. The van der Waals surface area contributed by atoms with Gasteiger partial charge in [-0.05, 0) is 42.0 Å². The molecule has 5 atom stereocenters. The van der Waals surface area contributed by atoms with Crippen LogP contribution in [0.15, 0.2) is 72.9 Å². The fraction of sp³-hybridized carbons (Fsp3) is 0.194. The summed E-state index contributed by atoms with van der Waals surface area (Å²) in [5.41, 5.74) is 5.78. The Morgan fingerprint density at radius 3 is 2.37 bits per heavy atom. The first kappa shape index (κ1) is 31.2. The number of amides is 2. The lowest BCUT2D eigenvalue weighted by molar-refractivity contribution is -0.298. The number of nitrogens with one attached hydrogen (secondary N) is 2. The Bertz CT molecular complexity index is 2600. The second-order valence-electron chi connectivity index (χ2n) is 12.7. The number of carbonyl (C=O) groups is 2. The minimum absolute atomic E-state index is 0.0347. The predicted octanol–water partition coefficient (Wildman–Crippen LogP) is 1.92. The molecule has 0 unspecified atom stereocenters. The molecule has 15 nitrogen and oxygen atoms in total. The van der Waals surface area contributed by atoms with E-state index in [1.807, 2.05) is 30.3 Å². The van der Waals surface area contributed by atoms with E-state index in [4.69, 9.17) is 9.57 Å². The molecule has 0 radical (unpaired) electrons. The number of para-hydroxylation sites is 1. The summed E-state index contributed by atoms with van der Waals surface area (Å²) in [5, 5.41) is 65.9. The largest absolute Gasteiger partial charge is 0.508 e. The van der Waals surface area contributed by atoms with Crippen molar-refractivity contribution in [3.63, 3.8) is 0 Å². The third-order valence-electron chi connectivity index (χ3n) is 9.66. The van der Waals surface area contributed by atoms with E-state index in [0.29, 0.717) is 27.2 Å². The number of aromatic hydroxyl groups is 2. The number of fused-ring (bicyclic) bond motifs is 11. The summed E-state index contributed by atoms with van der Waals surface area (Å²) >= 11 is 0. The highest BCUT2D eigenvalue weighted by Crippen LogP contribution is 2.45. The van der Waals surface area contributed by atoms with E-state index in [0.717, 1.165) is 21.5 Å². The smallest absolute Gasteiger partial charge is 0.276 e. The van der Waals surface area contributed by atoms with Gasteiger partial charge in [0.15, 0.2) is 0 Å². The van der Waals surface area contributed by atoms with Gasteiger partial charge in [-0.25, -0.2) is 10.4 Å². The van der Waals surface area contributed by atoms with Crippen LogP contribution in [0.2, 0.25) is 0 Å². The Morgan fingerprint density at radius 2 is 1.59 bits per heavy atom. The summed E-state index contributed by atoms with van der Waals surface area (Å²) in [4.78, 5) is 42.7. The third kappa shape index (κ3) is 4.57. The van der Waals surface area contributed by atoms with E-state index in [1.54, 1.807) is 18.3 Å². The molecule has 0 bridgehead atoms. The molecule has 1 saturated heterocycles. The normalized spacial score (nSPS) is 22.3. The Hall–Kier alpha value is -5.81. The first-order valence-corrected chi connectivity index (χ1v) is 16.1. The Kier molecular flexibility index (Phi) is 6.95. The first-order valence-electron chi connectivity index (χ1n) is 16.1. The van der Waals surface area contributed by atoms with Gasteiger partial charge in [-0.3, -0.25) is 14.6 Å². The van der Waals surface area contributed by atoms with Crippen LogP contribution < -0.4 is 10.3 Å². The van der Waals surface area contributed by atoms with Crippen molar-refractivity contribution in [1.29, 1.82) is 0 Å². The van der Waals surface area contributed by atoms with Gasteiger partial charge in [0.05, 0.1) is 39.8 Å². The molecule has 7 aromatic rings. The molecule has 2 aliphatic heterocycles. The van der Waals surface area contributed by atoms with Crippen molar-refractivity contribution in [3.8, 4) is 11.5 Å². The molecule has 15 heteroatoms. The maximum atomic E-state index is 14.5. The lowest BCUT2D eigenvalue weighted by Gasteiger charge is -2.39. The van der Waals surface area contributed by atoms with Gasteiger partial charge in [0.25, 0.3) is 18.1 Å². The molecule has 8 N–H and O–H groups in total. The maximum Gasteiger partial charge on any atom is 0.276 e. The number of pyridine rings is 1. The van der Waals surface area contributed by atoms with Crippen molar-refractivity contribution < 1.29 is 49.8 Å². The van der Waals surface area contributed by atoms with Crippen molar-refractivity contribution in [2.45, 2.75) is 37.3 Å². The van der Waals surface area contributed by atoms with Crippen LogP contribution in [0.3, 0.4) is 0 Å². The van der Waals surface area contributed by atoms with Crippen molar-refractivity contribution in [3.05, 3.63) is 89.6 Å². The zero-order valence-electron chi connectivity index (χ0n) is 26.4. The van der Waals surface area contributed by atoms with Crippen molar-refractivity contribution in [2.75, 3.05) is 6.61 Å². The van der Waals surface area contributed by atoms with Gasteiger partial charge in [0, 0.05) is 51.8 Å². The molecule has 0 aliphatic carbocycles. The van der Waals surface area contributed by atoms with Gasteiger partial charge in [0.2, 0.25) is 0 Å². The number of carbonyl (C=O) groups excluding carboxylic acids is 2. The molecule has 5 heterocycles. The summed E-state index contributed by atoms with van der Waals surface area (Å²) in [7, 11) is 0. The van der Waals surface area contributed by atoms with E-state index >= 15 is 0 Å². The Labute approximate surface area is 286 Å². The number of imide groups is 1. The third-order valence-corrected chi connectivity index (χ3v) is 9.66. The number of aromatic nitrogens is 3. The summed E-state index contributed by atoms with van der Waals surface area (Å²) in [6.45, 7) is -0.607. The van der Waals surface area contributed by atoms with Crippen LogP contribution in [0.25, 0.3) is 54.5 Å².